The van der Waals surface area contributed by atoms with Crippen LogP contribution in [0.25, 0.3) is 50.3 Å². The molecule has 216 valence electrons. The third kappa shape index (κ3) is 4.11. The largest absolute Gasteiger partial charge is 0.485 e. The Kier molecular flexibility index (Phi) is 5.75. The van der Waals surface area contributed by atoms with Crippen molar-refractivity contribution in [2.24, 2.45) is 0 Å². The lowest BCUT2D eigenvalue weighted by atomic mass is 9.76. The maximum absolute atomic E-state index is 6.55. The monoisotopic (exact) mass is 582 g/mol. The second kappa shape index (κ2) is 10.00. The lowest BCUT2D eigenvalue weighted by Gasteiger charge is -2.26. The molecule has 2 aliphatic carbocycles. The van der Waals surface area contributed by atoms with Gasteiger partial charge in [0.1, 0.15) is 17.7 Å². The molecule has 3 heterocycles. The summed E-state index contributed by atoms with van der Waals surface area (Å²) in [6.07, 6.45) is 17.9. The Bertz CT molecular complexity index is 2240. The van der Waals surface area contributed by atoms with Crippen molar-refractivity contribution in [3.8, 4) is 34.2 Å². The number of hydrogen-bond donors (Lipinski definition) is 0. The van der Waals surface area contributed by atoms with Gasteiger partial charge in [-0.1, -0.05) is 115 Å². The number of fused-ring (bicyclic) bond motifs is 6. The van der Waals surface area contributed by atoms with Crippen molar-refractivity contribution in [1.82, 2.24) is 19.5 Å². The van der Waals surface area contributed by atoms with E-state index in [1.807, 2.05) is 6.07 Å². The van der Waals surface area contributed by atoms with Crippen LogP contribution in [0.15, 0.2) is 140 Å². The normalized spacial score (nSPS) is 21.3. The first-order valence-corrected chi connectivity index (χ1v) is 15.5. The second-order valence-electron chi connectivity index (χ2n) is 12.2. The first-order valence-electron chi connectivity index (χ1n) is 15.5. The molecule has 45 heavy (non-hydrogen) atoms. The molecule has 0 saturated carbocycles. The molecule has 0 saturated heterocycles. The summed E-state index contributed by atoms with van der Waals surface area (Å²) < 4.78 is 8.73. The molecular formula is C40H30N4O. The van der Waals surface area contributed by atoms with Gasteiger partial charge in [-0.2, -0.15) is 9.97 Å². The van der Waals surface area contributed by atoms with Gasteiger partial charge in [-0.15, -0.1) is 0 Å². The van der Waals surface area contributed by atoms with Gasteiger partial charge in [0.05, 0.1) is 16.4 Å². The first-order chi connectivity index (χ1) is 22.2. The molecule has 0 fully saturated rings. The maximum atomic E-state index is 6.55. The number of rotatable bonds is 4. The molecule has 0 radical (unpaired) electrons. The van der Waals surface area contributed by atoms with Gasteiger partial charge in [0.15, 0.2) is 5.82 Å². The van der Waals surface area contributed by atoms with Crippen LogP contribution >= 0.6 is 0 Å². The van der Waals surface area contributed by atoms with E-state index in [1.54, 1.807) is 0 Å². The highest BCUT2D eigenvalue weighted by atomic mass is 16.5. The van der Waals surface area contributed by atoms with Gasteiger partial charge < -0.3 is 4.74 Å². The van der Waals surface area contributed by atoms with Crippen molar-refractivity contribution >= 4 is 21.8 Å². The van der Waals surface area contributed by atoms with E-state index >= 15 is 0 Å². The van der Waals surface area contributed by atoms with Gasteiger partial charge in [-0.05, 0) is 42.7 Å². The minimum absolute atomic E-state index is 0.0240. The van der Waals surface area contributed by atoms with Crippen LogP contribution in [-0.4, -0.2) is 25.6 Å². The highest BCUT2D eigenvalue weighted by Gasteiger charge is 2.43. The molecule has 5 heteroatoms. The molecule has 5 nitrogen and oxygen atoms in total. The summed E-state index contributed by atoms with van der Waals surface area (Å²) in [5.41, 5.74) is 6.37. The fourth-order valence-electron chi connectivity index (χ4n) is 6.98. The molecule has 0 spiro atoms. The Morgan fingerprint density at radius 2 is 1.49 bits per heavy atom. The van der Waals surface area contributed by atoms with E-state index in [2.05, 4.69) is 145 Å². The van der Waals surface area contributed by atoms with Crippen LogP contribution < -0.4 is 4.74 Å². The summed E-state index contributed by atoms with van der Waals surface area (Å²) in [6, 6.07) is 31.9. The summed E-state index contributed by atoms with van der Waals surface area (Å²) in [7, 11) is 0. The molecule has 0 bridgehead atoms. The van der Waals surface area contributed by atoms with Crippen LogP contribution in [0, 0.1) is 0 Å². The van der Waals surface area contributed by atoms with Gasteiger partial charge in [0.2, 0.25) is 5.95 Å². The summed E-state index contributed by atoms with van der Waals surface area (Å²) >= 11 is 0. The van der Waals surface area contributed by atoms with Crippen molar-refractivity contribution in [3.05, 3.63) is 151 Å². The summed E-state index contributed by atoms with van der Waals surface area (Å²) in [5, 5.41) is 2.32. The van der Waals surface area contributed by atoms with Crippen molar-refractivity contribution in [1.29, 1.82) is 0 Å². The molecule has 3 atom stereocenters. The Labute approximate surface area is 261 Å². The summed E-state index contributed by atoms with van der Waals surface area (Å²) in [4.78, 5) is 15.4. The van der Waals surface area contributed by atoms with Gasteiger partial charge in [0, 0.05) is 33.9 Å². The van der Waals surface area contributed by atoms with E-state index in [0.717, 1.165) is 50.9 Å². The maximum Gasteiger partial charge on any atom is 0.238 e. The second-order valence-corrected chi connectivity index (χ2v) is 12.2. The van der Waals surface area contributed by atoms with Crippen molar-refractivity contribution in [2.45, 2.75) is 30.8 Å². The minimum Gasteiger partial charge on any atom is -0.485 e. The Balaban J connectivity index is 1.25. The molecule has 1 aliphatic heterocycles. The van der Waals surface area contributed by atoms with E-state index in [9.17, 15) is 0 Å². The van der Waals surface area contributed by atoms with Crippen molar-refractivity contribution < 1.29 is 4.74 Å². The van der Waals surface area contributed by atoms with E-state index in [4.69, 9.17) is 19.7 Å². The van der Waals surface area contributed by atoms with Crippen LogP contribution in [0.3, 0.4) is 0 Å². The van der Waals surface area contributed by atoms with E-state index in [1.165, 1.54) is 11.1 Å². The smallest absolute Gasteiger partial charge is 0.238 e. The average molecular weight is 583 g/mol. The fourth-order valence-corrected chi connectivity index (χ4v) is 6.98. The van der Waals surface area contributed by atoms with E-state index < -0.39 is 0 Å². The predicted octanol–water partition coefficient (Wildman–Crippen LogP) is 9.05. The predicted molar refractivity (Wildman–Crippen MR) is 181 cm³/mol. The summed E-state index contributed by atoms with van der Waals surface area (Å²) in [6.45, 7) is 2.26. The lowest BCUT2D eigenvalue weighted by molar-refractivity contribution is 0.228. The number of para-hydroxylation sites is 1. The Morgan fingerprint density at radius 3 is 2.33 bits per heavy atom. The third-order valence-electron chi connectivity index (χ3n) is 9.44. The molecule has 0 N–H and O–H groups in total. The number of hydrogen-bond acceptors (Lipinski definition) is 4. The van der Waals surface area contributed by atoms with Gasteiger partial charge in [-0.25, -0.2) is 4.98 Å². The number of benzene rings is 4. The van der Waals surface area contributed by atoms with E-state index in [0.29, 0.717) is 11.8 Å². The van der Waals surface area contributed by atoms with Crippen LogP contribution in [-0.2, 0) is 5.41 Å². The molecule has 3 unspecified atom stereocenters. The quantitative estimate of drug-likeness (QED) is 0.208. The molecular weight excluding hydrogens is 552 g/mol. The minimum atomic E-state index is -0.207. The Morgan fingerprint density at radius 1 is 0.711 bits per heavy atom. The summed E-state index contributed by atoms with van der Waals surface area (Å²) in [5.74, 6) is 3.01. The zero-order valence-electron chi connectivity index (χ0n) is 24.8. The van der Waals surface area contributed by atoms with Gasteiger partial charge in [-0.3, -0.25) is 4.57 Å². The van der Waals surface area contributed by atoms with Crippen LogP contribution in [0.4, 0.5) is 0 Å². The van der Waals surface area contributed by atoms with Crippen LogP contribution in [0.1, 0.15) is 30.7 Å². The zero-order valence-corrected chi connectivity index (χ0v) is 24.8. The lowest BCUT2D eigenvalue weighted by Crippen LogP contribution is -2.32. The number of aromatic nitrogens is 4. The Hall–Kier alpha value is -5.55. The molecule has 4 aromatic carbocycles. The zero-order chi connectivity index (χ0) is 30.0. The fraction of sp³-hybridized carbons (Fsp3) is 0.125. The van der Waals surface area contributed by atoms with Crippen LogP contribution in [0.5, 0.6) is 5.75 Å². The topological polar surface area (TPSA) is 52.8 Å². The molecule has 6 aromatic rings. The molecule has 9 rings (SSSR count). The van der Waals surface area contributed by atoms with Gasteiger partial charge >= 0.3 is 0 Å². The van der Waals surface area contributed by atoms with Crippen LogP contribution in [0.2, 0.25) is 0 Å². The van der Waals surface area contributed by atoms with Crippen molar-refractivity contribution in [3.63, 3.8) is 0 Å². The van der Waals surface area contributed by atoms with Crippen molar-refractivity contribution in [2.75, 3.05) is 0 Å². The first kappa shape index (κ1) is 25.9. The van der Waals surface area contributed by atoms with E-state index in [-0.39, 0.29) is 17.4 Å². The third-order valence-corrected chi connectivity index (χ3v) is 9.44. The standard InChI is InChI=1S/C40H30N4O/c1-40-23-11-10-18-36(40)45-35-25-34-31(24-32(35)40)30-16-8-9-17-33(30)44(34)39-42-37(28-14-6-3-7-15-28)41-38(43-39)29-21-19-27(20-22-29)26-12-4-2-5-13-26/h2-14,16-25,28,36H,15H2,1H3. The molecule has 3 aliphatic rings. The molecule has 0 amide bonds. The number of allylic oxidation sites excluding steroid dienone is 6. The number of nitrogens with zero attached hydrogens (tertiary/aromatic N) is 4. The highest BCUT2D eigenvalue weighted by molar-refractivity contribution is 6.10. The highest BCUT2D eigenvalue weighted by Crippen LogP contribution is 2.49. The number of ether oxygens (including phenoxy) is 1. The van der Waals surface area contributed by atoms with Gasteiger partial charge in [0.25, 0.3) is 0 Å². The average Bonchev–Trinajstić information content (AvgIpc) is 3.58. The SMILES string of the molecule is CC12C=CC=CC1Oc1cc3c(cc12)c1ccccc1n3-c1nc(-c2ccc(-c3ccccc3)cc2)nc(C2C=CC=CC2)n1. The molecule has 2 aromatic heterocycles.